The molecule has 1 heterocycles. The Kier molecular flexibility index (Phi) is 4.11. The molecule has 1 saturated heterocycles. The third-order valence-corrected chi connectivity index (χ3v) is 3.36. The lowest BCUT2D eigenvalue weighted by Gasteiger charge is -2.38. The van der Waals surface area contributed by atoms with Crippen molar-refractivity contribution in [3.63, 3.8) is 0 Å². The minimum atomic E-state index is 0.177. The summed E-state index contributed by atoms with van der Waals surface area (Å²) in [6.07, 6.45) is 3.81. The van der Waals surface area contributed by atoms with Gasteiger partial charge < -0.3 is 0 Å². The van der Waals surface area contributed by atoms with Gasteiger partial charge in [-0.2, -0.15) is 0 Å². The van der Waals surface area contributed by atoms with E-state index in [0.29, 0.717) is 24.4 Å². The molecule has 0 aromatic heterocycles. The summed E-state index contributed by atoms with van der Waals surface area (Å²) in [6, 6.07) is 1.17. The summed E-state index contributed by atoms with van der Waals surface area (Å²) in [5, 5.41) is 0. The maximum absolute atomic E-state index is 11.7. The topological polar surface area (TPSA) is 20.3 Å². The fourth-order valence-electron chi connectivity index (χ4n) is 2.15. The Balaban J connectivity index is 2.52. The molecule has 14 heavy (non-hydrogen) atoms. The van der Waals surface area contributed by atoms with E-state index in [1.54, 1.807) is 0 Å². The van der Waals surface area contributed by atoms with Crippen molar-refractivity contribution in [1.29, 1.82) is 0 Å². The van der Waals surface area contributed by atoms with Gasteiger partial charge in [-0.3, -0.25) is 9.69 Å². The van der Waals surface area contributed by atoms with Crippen LogP contribution in [0.25, 0.3) is 0 Å². The molecule has 0 saturated carbocycles. The molecule has 1 rings (SSSR count). The molecule has 0 unspecified atom stereocenters. The number of Topliss-reactive ketones (excluding diaryl/α,β-unsaturated/α-hetero) is 1. The zero-order valence-corrected chi connectivity index (χ0v) is 9.92. The molecule has 1 aliphatic heterocycles. The van der Waals surface area contributed by atoms with Crippen molar-refractivity contribution in [2.24, 2.45) is 5.92 Å². The third kappa shape index (κ3) is 2.81. The maximum Gasteiger partial charge on any atom is 0.149 e. The van der Waals surface area contributed by atoms with Gasteiger partial charge in [0.2, 0.25) is 0 Å². The lowest BCUT2D eigenvalue weighted by atomic mass is 9.96. The Bertz CT molecular complexity index is 190. The monoisotopic (exact) mass is 197 g/mol. The first kappa shape index (κ1) is 11.7. The molecule has 82 valence electrons. The summed E-state index contributed by atoms with van der Waals surface area (Å²) in [7, 11) is 0. The largest absolute Gasteiger partial charge is 0.298 e. The molecule has 0 aromatic carbocycles. The minimum absolute atomic E-state index is 0.177. The number of rotatable bonds is 3. The molecule has 2 nitrogen and oxygen atoms in total. The zero-order valence-electron chi connectivity index (χ0n) is 9.92. The Morgan fingerprint density at radius 2 is 1.79 bits per heavy atom. The van der Waals surface area contributed by atoms with Crippen LogP contribution in [-0.4, -0.2) is 29.3 Å². The first-order valence-electron chi connectivity index (χ1n) is 5.80. The number of hydrogen-bond donors (Lipinski definition) is 0. The normalized spacial score (nSPS) is 29.5. The summed E-state index contributed by atoms with van der Waals surface area (Å²) in [5.74, 6) is 0.557. The van der Waals surface area contributed by atoms with E-state index in [4.69, 9.17) is 0 Å². The summed E-state index contributed by atoms with van der Waals surface area (Å²) in [4.78, 5) is 14.0. The van der Waals surface area contributed by atoms with Crippen LogP contribution in [0.5, 0.6) is 0 Å². The minimum Gasteiger partial charge on any atom is -0.298 e. The van der Waals surface area contributed by atoms with Crippen LogP contribution in [0.3, 0.4) is 0 Å². The third-order valence-electron chi connectivity index (χ3n) is 3.36. The Hall–Kier alpha value is -0.370. The molecule has 1 aliphatic rings. The van der Waals surface area contributed by atoms with Crippen molar-refractivity contribution in [2.75, 3.05) is 6.54 Å². The van der Waals surface area contributed by atoms with Crippen LogP contribution in [0.4, 0.5) is 0 Å². The van der Waals surface area contributed by atoms with E-state index in [0.717, 1.165) is 0 Å². The molecule has 1 fully saturated rings. The Morgan fingerprint density at radius 1 is 1.29 bits per heavy atom. The molecule has 0 N–H and O–H groups in total. The number of likely N-dealkylation sites (tertiary alicyclic amines) is 1. The number of carbonyl (C=O) groups excluding carboxylic acids is 1. The second-order valence-electron chi connectivity index (χ2n) is 4.92. The van der Waals surface area contributed by atoms with Crippen LogP contribution in [0.15, 0.2) is 0 Å². The highest BCUT2D eigenvalue weighted by atomic mass is 16.1. The molecular weight excluding hydrogens is 174 g/mol. The summed E-state index contributed by atoms with van der Waals surface area (Å²) >= 11 is 0. The van der Waals surface area contributed by atoms with E-state index in [2.05, 4.69) is 18.7 Å². The van der Waals surface area contributed by atoms with Crippen molar-refractivity contribution >= 4 is 5.78 Å². The number of hydrogen-bond acceptors (Lipinski definition) is 2. The van der Waals surface area contributed by atoms with E-state index >= 15 is 0 Å². The van der Waals surface area contributed by atoms with Gasteiger partial charge in [-0.15, -0.1) is 0 Å². The molecule has 0 spiro atoms. The summed E-state index contributed by atoms with van der Waals surface area (Å²) < 4.78 is 0. The van der Waals surface area contributed by atoms with Gasteiger partial charge in [0, 0.05) is 18.0 Å². The first-order valence-corrected chi connectivity index (χ1v) is 5.80. The Labute approximate surface area is 87.7 Å². The van der Waals surface area contributed by atoms with Crippen LogP contribution in [0, 0.1) is 5.92 Å². The molecular formula is C12H23NO. The highest BCUT2D eigenvalue weighted by Crippen LogP contribution is 2.22. The predicted molar refractivity (Wildman–Crippen MR) is 59.3 cm³/mol. The molecule has 2 atom stereocenters. The van der Waals surface area contributed by atoms with Crippen molar-refractivity contribution in [3.05, 3.63) is 0 Å². The second-order valence-corrected chi connectivity index (χ2v) is 4.92. The van der Waals surface area contributed by atoms with Crippen LogP contribution >= 0.6 is 0 Å². The smallest absolute Gasteiger partial charge is 0.149 e. The molecule has 0 amide bonds. The van der Waals surface area contributed by atoms with Crippen molar-refractivity contribution < 1.29 is 4.79 Å². The molecule has 2 heteroatoms. The summed E-state index contributed by atoms with van der Waals surface area (Å²) in [5.41, 5.74) is 0. The van der Waals surface area contributed by atoms with Crippen molar-refractivity contribution in [1.82, 2.24) is 4.90 Å². The average Bonchev–Trinajstić information content (AvgIpc) is 2.11. The Morgan fingerprint density at radius 3 is 2.21 bits per heavy atom. The number of nitrogens with zero attached hydrogens (tertiary/aromatic N) is 1. The highest BCUT2D eigenvalue weighted by Gasteiger charge is 2.26. The zero-order chi connectivity index (χ0) is 10.7. The van der Waals surface area contributed by atoms with E-state index in [1.807, 2.05) is 13.8 Å². The number of ketones is 1. The average molecular weight is 197 g/mol. The van der Waals surface area contributed by atoms with Gasteiger partial charge in [0.15, 0.2) is 0 Å². The second kappa shape index (κ2) is 4.92. The molecule has 0 radical (unpaired) electrons. The predicted octanol–water partition coefficient (Wildman–Crippen LogP) is 2.47. The maximum atomic E-state index is 11.7. The number of piperidine rings is 1. The van der Waals surface area contributed by atoms with Crippen molar-refractivity contribution in [3.8, 4) is 0 Å². The molecule has 0 aliphatic carbocycles. The fraction of sp³-hybridized carbons (Fsp3) is 0.917. The molecule has 0 bridgehead atoms. The van der Waals surface area contributed by atoms with Crippen LogP contribution in [0.2, 0.25) is 0 Å². The standard InChI is InChI=1S/C12H23NO/c1-9(2)12(14)8-13-10(3)6-5-7-11(13)4/h9-11H,5-8H2,1-4H3/t10-,11+. The lowest BCUT2D eigenvalue weighted by molar-refractivity contribution is -0.124. The molecule has 0 aromatic rings. The van der Waals surface area contributed by atoms with Gasteiger partial charge in [-0.1, -0.05) is 20.3 Å². The lowest BCUT2D eigenvalue weighted by Crippen LogP contribution is -2.46. The van der Waals surface area contributed by atoms with Gasteiger partial charge in [-0.25, -0.2) is 0 Å². The van der Waals surface area contributed by atoms with Crippen molar-refractivity contribution in [2.45, 2.75) is 59.0 Å². The SMILES string of the molecule is CC(C)C(=O)CN1[C@H](C)CCC[C@@H]1C. The highest BCUT2D eigenvalue weighted by molar-refractivity contribution is 5.82. The van der Waals surface area contributed by atoms with Gasteiger partial charge >= 0.3 is 0 Å². The van der Waals surface area contributed by atoms with E-state index in [-0.39, 0.29) is 5.92 Å². The van der Waals surface area contributed by atoms with Gasteiger partial charge in [-0.05, 0) is 26.7 Å². The first-order chi connectivity index (χ1) is 6.52. The van der Waals surface area contributed by atoms with Gasteiger partial charge in [0.05, 0.1) is 6.54 Å². The van der Waals surface area contributed by atoms with Crippen LogP contribution < -0.4 is 0 Å². The fourth-order valence-corrected chi connectivity index (χ4v) is 2.15. The van der Waals surface area contributed by atoms with E-state index < -0.39 is 0 Å². The van der Waals surface area contributed by atoms with E-state index in [9.17, 15) is 4.79 Å². The quantitative estimate of drug-likeness (QED) is 0.692. The van der Waals surface area contributed by atoms with Gasteiger partial charge in [0.25, 0.3) is 0 Å². The summed E-state index contributed by atoms with van der Waals surface area (Å²) in [6.45, 7) is 9.11. The van der Waals surface area contributed by atoms with Crippen LogP contribution in [0.1, 0.15) is 47.0 Å². The van der Waals surface area contributed by atoms with E-state index in [1.165, 1.54) is 19.3 Å². The van der Waals surface area contributed by atoms with Crippen LogP contribution in [-0.2, 0) is 4.79 Å². The number of carbonyl (C=O) groups is 1. The van der Waals surface area contributed by atoms with Gasteiger partial charge in [0.1, 0.15) is 5.78 Å².